The second-order valence-electron chi connectivity index (χ2n) is 16.7. The van der Waals surface area contributed by atoms with E-state index in [2.05, 4.69) is 33.8 Å². The van der Waals surface area contributed by atoms with Gasteiger partial charge in [0.2, 0.25) is 0 Å². The van der Waals surface area contributed by atoms with E-state index in [1.165, 1.54) is 6.07 Å². The van der Waals surface area contributed by atoms with Gasteiger partial charge in [0.25, 0.3) is 0 Å². The molecule has 0 amide bonds. The molecule has 0 unspecified atom stereocenters. The Kier molecular flexibility index (Phi) is 9.82. The molecule has 1 saturated carbocycles. The Labute approximate surface area is 332 Å². The molecule has 2 aromatic carbocycles. The van der Waals surface area contributed by atoms with Crippen molar-refractivity contribution < 1.29 is 34.7 Å². The summed E-state index contributed by atoms with van der Waals surface area (Å²) in [5, 5.41) is 44.4. The smallest absolute Gasteiger partial charge is 0.187 e. The molecule has 57 heavy (non-hydrogen) atoms. The van der Waals surface area contributed by atoms with Crippen LogP contribution in [0.25, 0.3) is 0 Å². The molecule has 7 aliphatic rings. The number of hydrogen-bond acceptors (Lipinski definition) is 11. The van der Waals surface area contributed by atoms with E-state index >= 15 is 0 Å². The number of phenolic OH excluding ortho intramolecular Hbond substituents is 1. The number of hydrogen-bond donors (Lipinski definition) is 5. The van der Waals surface area contributed by atoms with Crippen LogP contribution in [0.4, 0.5) is 0 Å². The summed E-state index contributed by atoms with van der Waals surface area (Å²) in [6, 6.07) is 7.07. The Balaban J connectivity index is 1.06. The van der Waals surface area contributed by atoms with Crippen LogP contribution in [-0.2, 0) is 24.1 Å². The Morgan fingerprint density at radius 3 is 2.75 bits per heavy atom. The van der Waals surface area contributed by atoms with Gasteiger partial charge in [0.15, 0.2) is 17.7 Å². The van der Waals surface area contributed by atoms with E-state index in [-0.39, 0.29) is 42.5 Å². The normalized spacial score (nSPS) is 29.2. The molecule has 5 aliphatic heterocycles. The SMILES string of the molecule is C[C@H]1C=C[C@@H]([C@@H](O)CC(=O)CCc2cc3c(cc2O)OC#CC2(CCCC2)[C@@H]2C#C[C@H](O)c4ccc5c(c4CC4=C6CN(C=C6N=C4)[C@H]2O3)CC=N[C@@H]5N)[C@H](O)C1. The number of ketones is 1. The highest BCUT2D eigenvalue weighted by Crippen LogP contribution is 2.50. The molecule has 5 heterocycles. The maximum atomic E-state index is 13.1. The number of phenols is 1. The number of nitrogens with zero attached hydrogens (tertiary/aromatic N) is 3. The van der Waals surface area contributed by atoms with Gasteiger partial charge in [-0.3, -0.25) is 14.8 Å². The number of aliphatic hydroxyl groups is 3. The minimum absolute atomic E-state index is 0.0601. The quantitative estimate of drug-likeness (QED) is 0.203. The average Bonchev–Trinajstić information content (AvgIpc) is 3.93. The maximum Gasteiger partial charge on any atom is 0.187 e. The molecular weight excluding hydrogens is 721 g/mol. The van der Waals surface area contributed by atoms with Crippen LogP contribution in [0, 0.1) is 47.0 Å². The Hall–Kier alpha value is -5.17. The van der Waals surface area contributed by atoms with E-state index in [1.54, 1.807) is 12.1 Å². The van der Waals surface area contributed by atoms with E-state index in [0.717, 1.165) is 64.8 Å². The lowest BCUT2D eigenvalue weighted by Gasteiger charge is -2.39. The number of ether oxygens (including phenoxy) is 2. The zero-order valence-electron chi connectivity index (χ0n) is 32.0. The molecule has 8 atom stereocenters. The monoisotopic (exact) mass is 768 g/mol. The summed E-state index contributed by atoms with van der Waals surface area (Å²) in [4.78, 5) is 24.5. The number of rotatable bonds is 6. The van der Waals surface area contributed by atoms with Crippen LogP contribution in [0.1, 0.15) is 92.0 Å². The van der Waals surface area contributed by atoms with Gasteiger partial charge in [-0.15, -0.1) is 0 Å². The van der Waals surface area contributed by atoms with Crippen molar-refractivity contribution in [3.63, 3.8) is 0 Å². The lowest BCUT2D eigenvalue weighted by Crippen LogP contribution is -2.47. The Morgan fingerprint density at radius 2 is 1.93 bits per heavy atom. The van der Waals surface area contributed by atoms with E-state index in [9.17, 15) is 25.2 Å². The fraction of sp³-hybridized carbons (Fsp3) is 0.457. The third-order valence-electron chi connectivity index (χ3n) is 12.9. The first-order valence-corrected chi connectivity index (χ1v) is 20.2. The van der Waals surface area contributed by atoms with E-state index in [0.29, 0.717) is 37.1 Å². The second-order valence-corrected chi connectivity index (χ2v) is 16.7. The highest BCUT2D eigenvalue weighted by molar-refractivity contribution is 5.88. The summed E-state index contributed by atoms with van der Waals surface area (Å²) in [5.74, 6) is 9.82. The average molecular weight is 769 g/mol. The van der Waals surface area contributed by atoms with E-state index < -0.39 is 48.0 Å². The summed E-state index contributed by atoms with van der Waals surface area (Å²) in [6.07, 6.45) is 13.9. The highest BCUT2D eigenvalue weighted by Gasteiger charge is 2.48. The molecule has 2 aliphatic carbocycles. The number of aromatic hydroxyl groups is 1. The third kappa shape index (κ3) is 6.97. The molecule has 2 aromatic rings. The summed E-state index contributed by atoms with van der Waals surface area (Å²) < 4.78 is 13.1. The number of benzene rings is 2. The van der Waals surface area contributed by atoms with Gasteiger partial charge in [0, 0.05) is 68.4 Å². The number of aryl methyl sites for hydroxylation is 1. The van der Waals surface area contributed by atoms with Gasteiger partial charge in [0.05, 0.1) is 29.2 Å². The summed E-state index contributed by atoms with van der Waals surface area (Å²) in [6.45, 7) is 2.53. The predicted octanol–water partition coefficient (Wildman–Crippen LogP) is 4.87. The number of Topliss-reactive ketones (excluding diaryl/α,β-unsaturated/α-hetero) is 1. The van der Waals surface area contributed by atoms with Crippen molar-refractivity contribution in [2.24, 2.45) is 38.9 Å². The molecule has 11 heteroatoms. The highest BCUT2D eigenvalue weighted by atomic mass is 16.5. The first kappa shape index (κ1) is 37.4. The maximum absolute atomic E-state index is 13.1. The molecule has 0 aromatic heterocycles. The van der Waals surface area contributed by atoms with E-state index in [1.807, 2.05) is 43.8 Å². The molecule has 294 valence electrons. The van der Waals surface area contributed by atoms with Crippen LogP contribution in [0.5, 0.6) is 17.2 Å². The molecule has 6 N–H and O–H groups in total. The van der Waals surface area contributed by atoms with Crippen LogP contribution in [0.3, 0.4) is 0 Å². The zero-order valence-corrected chi connectivity index (χ0v) is 32.0. The van der Waals surface area contributed by atoms with Gasteiger partial charge < -0.3 is 40.5 Å². The summed E-state index contributed by atoms with van der Waals surface area (Å²) in [5.41, 5.74) is 13.0. The fourth-order valence-corrected chi connectivity index (χ4v) is 9.75. The van der Waals surface area contributed by atoms with Gasteiger partial charge in [-0.2, -0.15) is 0 Å². The van der Waals surface area contributed by atoms with Crippen LogP contribution in [-0.4, -0.2) is 68.5 Å². The molecule has 1 spiro atoms. The summed E-state index contributed by atoms with van der Waals surface area (Å²) >= 11 is 0. The van der Waals surface area contributed by atoms with Crippen molar-refractivity contribution in [1.29, 1.82) is 0 Å². The number of aliphatic hydroxyl groups excluding tert-OH is 3. The lowest BCUT2D eigenvalue weighted by molar-refractivity contribution is -0.122. The summed E-state index contributed by atoms with van der Waals surface area (Å²) in [7, 11) is 0. The van der Waals surface area contributed by atoms with Gasteiger partial charge in [-0.05, 0) is 71.1 Å². The van der Waals surface area contributed by atoms with E-state index in [4.69, 9.17) is 20.2 Å². The number of allylic oxidation sites excluding steroid dienone is 2. The van der Waals surface area contributed by atoms with Gasteiger partial charge in [-0.1, -0.05) is 61.8 Å². The van der Waals surface area contributed by atoms with Crippen molar-refractivity contribution in [3.8, 4) is 41.1 Å². The topological polar surface area (TPSA) is 170 Å². The van der Waals surface area contributed by atoms with Crippen molar-refractivity contribution in [1.82, 2.24) is 4.90 Å². The van der Waals surface area contributed by atoms with Gasteiger partial charge >= 0.3 is 0 Å². The minimum Gasteiger partial charge on any atom is -0.508 e. The second kappa shape index (κ2) is 15.0. The van der Waals surface area contributed by atoms with Crippen LogP contribution in [0.2, 0.25) is 0 Å². The first-order valence-electron chi connectivity index (χ1n) is 20.2. The van der Waals surface area contributed by atoms with Crippen molar-refractivity contribution >= 4 is 18.2 Å². The van der Waals surface area contributed by atoms with Gasteiger partial charge in [0.1, 0.15) is 29.9 Å². The van der Waals surface area contributed by atoms with Crippen molar-refractivity contribution in [2.45, 2.75) is 102 Å². The number of carbonyl (C=O) groups excluding carboxylic acids is 1. The molecular formula is C46H48N4O7. The molecule has 0 radical (unpaired) electrons. The number of aliphatic imine (C=N–C) groups is 2. The lowest BCUT2D eigenvalue weighted by atomic mass is 9.73. The number of nitrogens with two attached hydrogens (primary N) is 1. The predicted molar refractivity (Wildman–Crippen MR) is 214 cm³/mol. The fourth-order valence-electron chi connectivity index (χ4n) is 9.75. The molecule has 11 nitrogen and oxygen atoms in total. The molecule has 1 fully saturated rings. The number of fused-ring (bicyclic) bond motifs is 8. The van der Waals surface area contributed by atoms with Crippen LogP contribution in [0.15, 0.2) is 69.4 Å². The molecule has 2 bridgehead atoms. The molecule has 9 rings (SSSR count). The standard InChI is InChI=1S/C46H48N4O7/c1-26-4-7-33(40(54)18-26)41(55)21-29(51)6-5-27-20-43-42(22-39(27)53)56-17-15-46(13-2-3-14-46)36-10-11-38(52)31-8-9-32-30(12-16-48-44(32)47)34(31)19-28-23-49-37-25-50(24-35(28)37)45(36)57-43/h4,7-9,16,20,22-23,25-26,33,36,38,40-41,44-45,52-55H,2-3,5-6,12-14,18-19,21,24,47H2,1H3/t26-,33+,36+,38-,40+,41-,44-,45-/m0/s1. The zero-order chi connectivity index (χ0) is 39.4. The van der Waals surface area contributed by atoms with Crippen molar-refractivity contribution in [2.75, 3.05) is 6.54 Å². The molecule has 0 saturated heterocycles. The largest absolute Gasteiger partial charge is 0.508 e. The van der Waals surface area contributed by atoms with Crippen LogP contribution < -0.4 is 15.2 Å². The van der Waals surface area contributed by atoms with Crippen molar-refractivity contribution in [3.05, 3.63) is 87.3 Å². The first-order chi connectivity index (χ1) is 27.6. The van der Waals surface area contributed by atoms with Crippen LogP contribution >= 0.6 is 0 Å². The van der Waals surface area contributed by atoms with Gasteiger partial charge in [-0.25, -0.2) is 0 Å². The number of carbonyl (C=O) groups is 1. The minimum atomic E-state index is -1.09. The third-order valence-corrected chi connectivity index (χ3v) is 12.9. The Bertz CT molecular complexity index is 2280. The Morgan fingerprint density at radius 1 is 1.11 bits per heavy atom.